The molecule has 0 aliphatic rings. The highest BCUT2D eigenvalue weighted by Gasteiger charge is 2.19. The third-order valence-corrected chi connectivity index (χ3v) is 3.65. The largest absolute Gasteiger partial charge is 0.461 e. The van der Waals surface area contributed by atoms with E-state index in [2.05, 4.69) is 34.2 Å². The average Bonchev–Trinajstić information content (AvgIpc) is 2.63. The van der Waals surface area contributed by atoms with E-state index in [4.69, 9.17) is 4.74 Å². The predicted octanol–water partition coefficient (Wildman–Crippen LogP) is 3.33. The topological polar surface area (TPSA) is 39.2 Å². The van der Waals surface area contributed by atoms with Crippen molar-refractivity contribution in [3.63, 3.8) is 0 Å². The summed E-state index contributed by atoms with van der Waals surface area (Å²) in [6.07, 6.45) is 0.880. The fraction of sp³-hybridized carbons (Fsp3) is 0.455. The Morgan fingerprint density at radius 2 is 2.31 bits per heavy atom. The van der Waals surface area contributed by atoms with Crippen LogP contribution in [0.15, 0.2) is 6.58 Å². The predicted molar refractivity (Wildman–Crippen MR) is 75.4 cm³/mol. The van der Waals surface area contributed by atoms with Crippen molar-refractivity contribution in [1.82, 2.24) is 4.98 Å². The zero-order valence-corrected chi connectivity index (χ0v) is 12.4. The molecule has 0 fully saturated rings. The molecule has 0 radical (unpaired) electrons. The quantitative estimate of drug-likeness (QED) is 0.464. The van der Waals surface area contributed by atoms with E-state index in [0.717, 1.165) is 26.3 Å². The van der Waals surface area contributed by atoms with Gasteiger partial charge in [-0.15, -0.1) is 11.3 Å². The summed E-state index contributed by atoms with van der Waals surface area (Å²) in [6, 6.07) is 0. The molecule has 0 aliphatic heterocycles. The van der Waals surface area contributed by atoms with Crippen molar-refractivity contribution in [2.75, 3.05) is 11.0 Å². The number of carbonyl (C=O) groups is 1. The van der Waals surface area contributed by atoms with Crippen LogP contribution in [0.2, 0.25) is 0 Å². The summed E-state index contributed by atoms with van der Waals surface area (Å²) in [5, 5.41) is 0.968. The summed E-state index contributed by atoms with van der Waals surface area (Å²) in [5.41, 5.74) is 1.28. The van der Waals surface area contributed by atoms with Crippen LogP contribution in [0.4, 0.5) is 0 Å². The van der Waals surface area contributed by atoms with Crippen LogP contribution < -0.4 is 0 Å². The summed E-state index contributed by atoms with van der Waals surface area (Å²) in [4.78, 5) is 16.8. The molecular formula is C11H14INO2S. The van der Waals surface area contributed by atoms with Gasteiger partial charge in [-0.3, -0.25) is 0 Å². The Morgan fingerprint density at radius 3 is 2.81 bits per heavy atom. The van der Waals surface area contributed by atoms with Gasteiger partial charge in [0.1, 0.15) is 0 Å². The van der Waals surface area contributed by atoms with Gasteiger partial charge >= 0.3 is 5.97 Å². The molecule has 3 nitrogen and oxygen atoms in total. The second-order valence-corrected chi connectivity index (χ2v) is 5.39. The Bertz CT molecular complexity index is 401. The van der Waals surface area contributed by atoms with Crippen molar-refractivity contribution in [2.24, 2.45) is 0 Å². The molecule has 0 saturated carbocycles. The minimum absolute atomic E-state index is 0.351. The Labute approximate surface area is 113 Å². The summed E-state index contributed by atoms with van der Waals surface area (Å²) < 4.78 is 5.96. The molecule has 0 aromatic carbocycles. The molecule has 1 aromatic heterocycles. The van der Waals surface area contributed by atoms with Crippen LogP contribution in [0, 0.1) is 0 Å². The average molecular weight is 351 g/mol. The summed E-state index contributed by atoms with van der Waals surface area (Å²) >= 11 is 3.82. The number of aryl methyl sites for hydroxylation is 1. The van der Waals surface area contributed by atoms with E-state index in [0.29, 0.717) is 12.3 Å². The minimum Gasteiger partial charge on any atom is -0.461 e. The molecule has 0 N–H and O–H groups in total. The molecule has 0 unspecified atom stereocenters. The molecule has 0 saturated heterocycles. The van der Waals surface area contributed by atoms with E-state index in [9.17, 15) is 4.79 Å². The number of carbonyl (C=O) groups excluding carboxylic acids is 1. The lowest BCUT2D eigenvalue weighted by molar-refractivity contribution is 0.0520. The fourth-order valence-corrected chi connectivity index (χ4v) is 3.03. The van der Waals surface area contributed by atoms with Crippen molar-refractivity contribution in [3.8, 4) is 0 Å². The highest BCUT2D eigenvalue weighted by Crippen LogP contribution is 2.26. The monoisotopic (exact) mass is 351 g/mol. The first kappa shape index (κ1) is 13.6. The molecule has 88 valence electrons. The lowest BCUT2D eigenvalue weighted by Crippen LogP contribution is -2.07. The van der Waals surface area contributed by atoms with E-state index in [-0.39, 0.29) is 5.97 Å². The lowest BCUT2D eigenvalue weighted by atomic mass is 10.2. The lowest BCUT2D eigenvalue weighted by Gasteiger charge is -2.00. The first-order valence-corrected chi connectivity index (χ1v) is 7.33. The van der Waals surface area contributed by atoms with Gasteiger partial charge in [-0.2, -0.15) is 0 Å². The van der Waals surface area contributed by atoms with Gasteiger partial charge in [0.25, 0.3) is 0 Å². The van der Waals surface area contributed by atoms with Gasteiger partial charge in [0.15, 0.2) is 5.69 Å². The van der Waals surface area contributed by atoms with E-state index in [1.165, 1.54) is 11.3 Å². The molecule has 0 bridgehead atoms. The highest BCUT2D eigenvalue weighted by atomic mass is 127. The van der Waals surface area contributed by atoms with Crippen LogP contribution in [0.25, 0.3) is 5.57 Å². The van der Waals surface area contributed by atoms with Gasteiger partial charge in [0, 0.05) is 10.8 Å². The molecule has 0 atom stereocenters. The molecular weight excluding hydrogens is 337 g/mol. The standard InChI is InChI=1S/C11H14INO2S/c1-4-15-11(14)9-10(7(2)3)16-8(13-9)5-6-12/h2,4-6H2,1,3H3. The molecule has 0 spiro atoms. The molecule has 5 heteroatoms. The van der Waals surface area contributed by atoms with Crippen LogP contribution in [-0.2, 0) is 11.2 Å². The van der Waals surface area contributed by atoms with Crippen LogP contribution in [0.5, 0.6) is 0 Å². The van der Waals surface area contributed by atoms with Crippen molar-refractivity contribution >= 4 is 45.5 Å². The van der Waals surface area contributed by atoms with Crippen molar-refractivity contribution in [3.05, 3.63) is 22.2 Å². The Hall–Kier alpha value is -0.430. The normalized spacial score (nSPS) is 10.2. The number of nitrogens with zero attached hydrogens (tertiary/aromatic N) is 1. The van der Waals surface area contributed by atoms with Crippen molar-refractivity contribution in [1.29, 1.82) is 0 Å². The third kappa shape index (κ3) is 3.28. The summed E-state index contributed by atoms with van der Waals surface area (Å²) in [7, 11) is 0. The number of alkyl halides is 1. The third-order valence-electron chi connectivity index (χ3n) is 1.84. The number of hydrogen-bond donors (Lipinski definition) is 0. The van der Waals surface area contributed by atoms with E-state index in [1.54, 1.807) is 6.92 Å². The fourth-order valence-electron chi connectivity index (χ4n) is 1.18. The zero-order valence-electron chi connectivity index (χ0n) is 9.38. The van der Waals surface area contributed by atoms with Gasteiger partial charge in [0.05, 0.1) is 16.5 Å². The molecule has 16 heavy (non-hydrogen) atoms. The minimum atomic E-state index is -0.351. The maximum atomic E-state index is 11.7. The number of aromatic nitrogens is 1. The summed E-state index contributed by atoms with van der Waals surface area (Å²) in [5.74, 6) is -0.351. The molecule has 1 heterocycles. The van der Waals surface area contributed by atoms with Gasteiger partial charge in [0.2, 0.25) is 0 Å². The number of esters is 1. The number of rotatable bonds is 5. The first-order valence-electron chi connectivity index (χ1n) is 4.98. The Morgan fingerprint density at radius 1 is 1.62 bits per heavy atom. The van der Waals surface area contributed by atoms with Crippen LogP contribution in [0.3, 0.4) is 0 Å². The Kier molecular flexibility index (Phi) is 5.40. The van der Waals surface area contributed by atoms with Gasteiger partial charge in [-0.25, -0.2) is 9.78 Å². The van der Waals surface area contributed by atoms with Crippen molar-refractivity contribution in [2.45, 2.75) is 20.3 Å². The highest BCUT2D eigenvalue weighted by molar-refractivity contribution is 14.1. The molecule has 0 amide bonds. The Balaban J connectivity index is 3.04. The van der Waals surface area contributed by atoms with Crippen LogP contribution >= 0.6 is 33.9 Å². The number of thiazole rings is 1. The van der Waals surface area contributed by atoms with Gasteiger partial charge in [-0.1, -0.05) is 29.2 Å². The number of hydrogen-bond acceptors (Lipinski definition) is 4. The molecule has 1 aromatic rings. The smallest absolute Gasteiger partial charge is 0.358 e. The first-order chi connectivity index (χ1) is 7.60. The SMILES string of the molecule is C=C(C)c1sc(CCI)nc1C(=O)OCC. The van der Waals surface area contributed by atoms with Crippen molar-refractivity contribution < 1.29 is 9.53 Å². The van der Waals surface area contributed by atoms with E-state index in [1.807, 2.05) is 6.92 Å². The second kappa shape index (κ2) is 6.34. The van der Waals surface area contributed by atoms with E-state index < -0.39 is 0 Å². The molecule has 0 aliphatic carbocycles. The van der Waals surface area contributed by atoms with Crippen LogP contribution in [0.1, 0.15) is 34.2 Å². The number of halogens is 1. The molecule has 1 rings (SSSR count). The van der Waals surface area contributed by atoms with Crippen LogP contribution in [-0.4, -0.2) is 22.0 Å². The summed E-state index contributed by atoms with van der Waals surface area (Å²) in [6.45, 7) is 7.90. The van der Waals surface area contributed by atoms with Gasteiger partial charge in [-0.05, 0) is 19.4 Å². The maximum Gasteiger partial charge on any atom is 0.358 e. The zero-order chi connectivity index (χ0) is 12.1. The van der Waals surface area contributed by atoms with Gasteiger partial charge < -0.3 is 4.74 Å². The maximum absolute atomic E-state index is 11.7. The number of allylic oxidation sites excluding steroid dienone is 1. The number of ether oxygens (including phenoxy) is 1. The second-order valence-electron chi connectivity index (χ2n) is 3.23. The van der Waals surface area contributed by atoms with E-state index >= 15 is 0 Å².